The van der Waals surface area contributed by atoms with E-state index < -0.39 is 5.82 Å². The highest BCUT2D eigenvalue weighted by molar-refractivity contribution is 5.93. The van der Waals surface area contributed by atoms with Crippen molar-refractivity contribution in [3.8, 4) is 5.75 Å². The van der Waals surface area contributed by atoms with E-state index in [1.165, 1.54) is 23.8 Å². The topological polar surface area (TPSA) is 120 Å². The molecular weight excluding hydrogens is 451 g/mol. The summed E-state index contributed by atoms with van der Waals surface area (Å²) < 4.78 is 22.9. The van der Waals surface area contributed by atoms with Crippen molar-refractivity contribution in [3.63, 3.8) is 0 Å². The summed E-state index contributed by atoms with van der Waals surface area (Å²) in [6.07, 6.45) is 8.27. The molecule has 6 rings (SSSR count). The lowest BCUT2D eigenvalue weighted by Gasteiger charge is -2.37. The number of aliphatic hydroxyl groups is 1. The maximum Gasteiger partial charge on any atom is 0.223 e. The highest BCUT2D eigenvalue weighted by Crippen LogP contribution is 2.35. The molecule has 3 N–H and O–H groups in total. The Morgan fingerprint density at radius 3 is 2.80 bits per heavy atom. The van der Waals surface area contributed by atoms with Gasteiger partial charge in [-0.05, 0) is 45.1 Å². The minimum atomic E-state index is -0.486. The van der Waals surface area contributed by atoms with E-state index in [1.54, 1.807) is 0 Å². The SMILES string of the molecule is COc1cc2nc(N)n3nc([C@H]4CC[C@@H](C)N(c5cnn(C6CCCC6O)c5)C4)nc3c2cc1F. The Hall–Kier alpha value is -3.47. The first-order chi connectivity index (χ1) is 16.9. The Labute approximate surface area is 201 Å². The molecular formula is C24H29FN8O2. The van der Waals surface area contributed by atoms with E-state index in [9.17, 15) is 9.50 Å². The van der Waals surface area contributed by atoms with E-state index in [0.717, 1.165) is 44.3 Å². The standard InChI is InChI=1S/C24H29FN8O2/c1-13-6-7-14(11-31(13)15-10-27-32(12-15)19-4-3-5-20(19)34)22-29-23-16-8-17(25)21(35-2)9-18(16)28-24(26)33(23)30-22/h8-10,12-14,19-20,34H,3-7,11H2,1-2H3,(H2,26,28)/t13-,14+,19?,20?/m1/s1. The molecule has 10 nitrogen and oxygen atoms in total. The monoisotopic (exact) mass is 480 g/mol. The Balaban J connectivity index is 1.33. The van der Waals surface area contributed by atoms with Crippen molar-refractivity contribution in [2.45, 2.75) is 63.1 Å². The lowest BCUT2D eigenvalue weighted by atomic mass is 9.92. The van der Waals surface area contributed by atoms with Crippen LogP contribution >= 0.6 is 0 Å². The van der Waals surface area contributed by atoms with E-state index in [1.807, 2.05) is 17.1 Å². The smallest absolute Gasteiger partial charge is 0.223 e. The van der Waals surface area contributed by atoms with Crippen LogP contribution in [0.4, 0.5) is 16.0 Å². The van der Waals surface area contributed by atoms with Crippen LogP contribution in [0.2, 0.25) is 0 Å². The normalized spacial score (nSPS) is 25.1. The van der Waals surface area contributed by atoms with Gasteiger partial charge in [0.15, 0.2) is 23.0 Å². The second-order valence-electron chi connectivity index (χ2n) is 9.70. The van der Waals surface area contributed by atoms with E-state index in [4.69, 9.17) is 15.5 Å². The number of anilines is 2. The molecule has 4 heterocycles. The molecule has 0 spiro atoms. The zero-order valence-electron chi connectivity index (χ0n) is 19.8. The van der Waals surface area contributed by atoms with Crippen LogP contribution in [0, 0.1) is 5.82 Å². The molecule has 1 saturated carbocycles. The molecule has 4 aromatic rings. The average molecular weight is 481 g/mol. The van der Waals surface area contributed by atoms with Crippen molar-refractivity contribution in [1.29, 1.82) is 0 Å². The summed E-state index contributed by atoms with van der Waals surface area (Å²) in [7, 11) is 1.41. The largest absolute Gasteiger partial charge is 0.494 e. The van der Waals surface area contributed by atoms with Crippen LogP contribution in [0.5, 0.6) is 5.75 Å². The predicted octanol–water partition coefficient (Wildman–Crippen LogP) is 3.06. The lowest BCUT2D eigenvalue weighted by molar-refractivity contribution is 0.130. The van der Waals surface area contributed by atoms with Crippen LogP contribution in [-0.4, -0.2) is 60.3 Å². The van der Waals surface area contributed by atoms with Gasteiger partial charge in [-0.1, -0.05) is 0 Å². The van der Waals surface area contributed by atoms with Gasteiger partial charge in [-0.15, -0.1) is 5.10 Å². The lowest BCUT2D eigenvalue weighted by Crippen LogP contribution is -2.41. The first kappa shape index (κ1) is 22.0. The maximum atomic E-state index is 14.5. The molecule has 0 amide bonds. The molecule has 3 aromatic heterocycles. The van der Waals surface area contributed by atoms with Crippen molar-refractivity contribution >= 4 is 28.2 Å². The van der Waals surface area contributed by atoms with Crippen LogP contribution in [-0.2, 0) is 0 Å². The summed E-state index contributed by atoms with van der Waals surface area (Å²) in [6.45, 7) is 2.94. The predicted molar refractivity (Wildman–Crippen MR) is 129 cm³/mol. The molecule has 11 heteroatoms. The van der Waals surface area contributed by atoms with Crippen LogP contribution in [0.3, 0.4) is 0 Å². The molecule has 184 valence electrons. The van der Waals surface area contributed by atoms with Gasteiger partial charge in [-0.25, -0.2) is 14.4 Å². The van der Waals surface area contributed by atoms with Crippen molar-refractivity contribution in [2.24, 2.45) is 0 Å². The summed E-state index contributed by atoms with van der Waals surface area (Å²) in [4.78, 5) is 11.5. The van der Waals surface area contributed by atoms with Gasteiger partial charge >= 0.3 is 0 Å². The number of methoxy groups -OCH3 is 1. The minimum absolute atomic E-state index is 0.0440. The Morgan fingerprint density at radius 1 is 1.17 bits per heavy atom. The molecule has 35 heavy (non-hydrogen) atoms. The summed E-state index contributed by atoms with van der Waals surface area (Å²) in [5.41, 5.74) is 8.21. The fourth-order valence-electron chi connectivity index (χ4n) is 5.54. The molecule has 1 aliphatic heterocycles. The van der Waals surface area contributed by atoms with Crippen molar-refractivity contribution in [3.05, 3.63) is 36.2 Å². The second kappa shape index (κ2) is 8.33. The van der Waals surface area contributed by atoms with E-state index in [0.29, 0.717) is 28.4 Å². The third-order valence-corrected chi connectivity index (χ3v) is 7.54. The summed E-state index contributed by atoms with van der Waals surface area (Å²) in [5.74, 6) is 0.551. The number of hydrogen-bond acceptors (Lipinski definition) is 8. The number of nitrogen functional groups attached to an aromatic ring is 1. The average Bonchev–Trinajstić information content (AvgIpc) is 3.59. The number of aromatic nitrogens is 6. The molecule has 0 bridgehead atoms. The third-order valence-electron chi connectivity index (χ3n) is 7.54. The van der Waals surface area contributed by atoms with Gasteiger partial charge in [0.2, 0.25) is 5.95 Å². The van der Waals surface area contributed by atoms with Crippen LogP contribution < -0.4 is 15.4 Å². The van der Waals surface area contributed by atoms with E-state index >= 15 is 0 Å². The number of benzene rings is 1. The van der Waals surface area contributed by atoms with Gasteiger partial charge in [0.05, 0.1) is 36.7 Å². The Kier molecular flexibility index (Phi) is 5.24. The number of ether oxygens (including phenoxy) is 1. The van der Waals surface area contributed by atoms with E-state index in [-0.39, 0.29) is 29.8 Å². The number of hydrogen-bond donors (Lipinski definition) is 2. The molecule has 2 unspecified atom stereocenters. The zero-order valence-corrected chi connectivity index (χ0v) is 19.8. The van der Waals surface area contributed by atoms with Gasteiger partial charge in [-0.3, -0.25) is 4.68 Å². The number of nitrogens with two attached hydrogens (primary N) is 1. The molecule has 0 radical (unpaired) electrons. The highest BCUT2D eigenvalue weighted by Gasteiger charge is 2.32. The fourth-order valence-corrected chi connectivity index (χ4v) is 5.54. The minimum Gasteiger partial charge on any atom is -0.494 e. The molecule has 1 saturated heterocycles. The number of halogens is 1. The van der Waals surface area contributed by atoms with Gasteiger partial charge in [-0.2, -0.15) is 9.61 Å². The maximum absolute atomic E-state index is 14.5. The molecule has 2 fully saturated rings. The number of piperidine rings is 1. The first-order valence-corrected chi connectivity index (χ1v) is 12.1. The van der Waals surface area contributed by atoms with Crippen molar-refractivity contribution < 1.29 is 14.2 Å². The van der Waals surface area contributed by atoms with Crippen molar-refractivity contribution in [1.82, 2.24) is 29.4 Å². The van der Waals surface area contributed by atoms with Gasteiger partial charge in [0.25, 0.3) is 0 Å². The van der Waals surface area contributed by atoms with Gasteiger partial charge in [0.1, 0.15) is 0 Å². The summed E-state index contributed by atoms with van der Waals surface area (Å²) in [5, 5.41) is 20.1. The summed E-state index contributed by atoms with van der Waals surface area (Å²) in [6, 6.07) is 3.28. The Morgan fingerprint density at radius 2 is 2.03 bits per heavy atom. The quantitative estimate of drug-likeness (QED) is 0.457. The molecule has 4 atom stereocenters. The Bertz CT molecular complexity index is 1400. The summed E-state index contributed by atoms with van der Waals surface area (Å²) >= 11 is 0. The first-order valence-electron chi connectivity index (χ1n) is 12.1. The second-order valence-corrected chi connectivity index (χ2v) is 9.70. The number of aliphatic hydroxyl groups excluding tert-OH is 1. The highest BCUT2D eigenvalue weighted by atomic mass is 19.1. The molecule has 1 aliphatic carbocycles. The number of rotatable bonds is 4. The van der Waals surface area contributed by atoms with Crippen molar-refractivity contribution in [2.75, 3.05) is 24.3 Å². The molecule has 1 aromatic carbocycles. The van der Waals surface area contributed by atoms with E-state index in [2.05, 4.69) is 27.0 Å². The van der Waals surface area contributed by atoms with Gasteiger partial charge < -0.3 is 20.5 Å². The van der Waals surface area contributed by atoms with Crippen LogP contribution in [0.25, 0.3) is 16.6 Å². The fraction of sp³-hybridized carbons (Fsp3) is 0.500. The van der Waals surface area contributed by atoms with Gasteiger partial charge in [0, 0.05) is 36.2 Å². The zero-order chi connectivity index (χ0) is 24.3. The number of nitrogens with zero attached hydrogens (tertiary/aromatic N) is 7. The molecule has 2 aliphatic rings. The van der Waals surface area contributed by atoms with Crippen LogP contribution in [0.1, 0.15) is 56.8 Å². The van der Waals surface area contributed by atoms with Crippen LogP contribution in [0.15, 0.2) is 24.5 Å². The third kappa shape index (κ3) is 3.65. The number of fused-ring (bicyclic) bond motifs is 3.